The zero-order chi connectivity index (χ0) is 13.1. The van der Waals surface area contributed by atoms with Crippen LogP contribution in [0, 0.1) is 0 Å². The molecule has 0 spiro atoms. The normalized spacial score (nSPS) is 18.3. The monoisotopic (exact) mass is 258 g/mol. The quantitative estimate of drug-likeness (QED) is 0.526. The fourth-order valence-corrected chi connectivity index (χ4v) is 2.22. The van der Waals surface area contributed by atoms with Crippen LogP contribution in [-0.2, 0) is 14.2 Å². The summed E-state index contributed by atoms with van der Waals surface area (Å²) in [5.41, 5.74) is 0. The predicted octanol–water partition coefficient (Wildman–Crippen LogP) is 3.91. The van der Waals surface area contributed by atoms with E-state index in [1.54, 1.807) is 0 Å². The molecule has 0 bridgehead atoms. The molecule has 0 N–H and O–H groups in total. The summed E-state index contributed by atoms with van der Waals surface area (Å²) in [6.07, 6.45) is 10.2. The lowest BCUT2D eigenvalue weighted by atomic mass is 10.1. The molecule has 18 heavy (non-hydrogen) atoms. The van der Waals surface area contributed by atoms with Gasteiger partial charge in [0.2, 0.25) is 0 Å². The van der Waals surface area contributed by atoms with Gasteiger partial charge in [-0.05, 0) is 13.3 Å². The minimum absolute atomic E-state index is 0.389. The van der Waals surface area contributed by atoms with Crippen LogP contribution in [0.2, 0.25) is 0 Å². The highest BCUT2D eigenvalue weighted by atomic mass is 16.7. The molecule has 0 radical (unpaired) electrons. The maximum Gasteiger partial charge on any atom is 0.167 e. The lowest BCUT2D eigenvalue weighted by Gasteiger charge is -2.21. The predicted molar refractivity (Wildman–Crippen MR) is 73.7 cm³/mol. The number of ether oxygens (including phenoxy) is 3. The first kappa shape index (κ1) is 15.9. The lowest BCUT2D eigenvalue weighted by Crippen LogP contribution is -2.27. The molecule has 0 saturated carbocycles. The Morgan fingerprint density at radius 2 is 1.50 bits per heavy atom. The Kier molecular flexibility index (Phi) is 8.64. The van der Waals surface area contributed by atoms with E-state index < -0.39 is 0 Å². The molecule has 0 aromatic carbocycles. The molecule has 3 heteroatoms. The molecule has 0 aliphatic carbocycles. The fourth-order valence-electron chi connectivity index (χ4n) is 2.22. The molecule has 1 aliphatic rings. The van der Waals surface area contributed by atoms with Crippen LogP contribution in [-0.4, -0.2) is 32.2 Å². The highest BCUT2D eigenvalue weighted by molar-refractivity contribution is 4.67. The van der Waals surface area contributed by atoms with E-state index in [4.69, 9.17) is 14.2 Å². The van der Waals surface area contributed by atoms with Crippen LogP contribution in [0.1, 0.15) is 65.2 Å². The third kappa shape index (κ3) is 7.34. The van der Waals surface area contributed by atoms with Crippen molar-refractivity contribution in [2.24, 2.45) is 0 Å². The van der Waals surface area contributed by atoms with Gasteiger partial charge in [0.15, 0.2) is 5.79 Å². The zero-order valence-corrected chi connectivity index (χ0v) is 12.2. The Morgan fingerprint density at radius 1 is 0.889 bits per heavy atom. The van der Waals surface area contributed by atoms with Gasteiger partial charge < -0.3 is 14.2 Å². The molecular weight excluding hydrogens is 228 g/mol. The molecule has 1 aliphatic heterocycles. The largest absolute Gasteiger partial charge is 0.381 e. The number of hydrogen-bond acceptors (Lipinski definition) is 3. The molecule has 0 amide bonds. The first-order valence-electron chi connectivity index (χ1n) is 7.62. The lowest BCUT2D eigenvalue weighted by molar-refractivity contribution is -0.155. The molecule has 0 aromatic rings. The summed E-state index contributed by atoms with van der Waals surface area (Å²) in [4.78, 5) is 0. The van der Waals surface area contributed by atoms with Crippen LogP contribution in [0.25, 0.3) is 0 Å². The van der Waals surface area contributed by atoms with Gasteiger partial charge in [0.05, 0.1) is 19.8 Å². The molecule has 3 nitrogen and oxygen atoms in total. The number of unbranched alkanes of at least 4 members (excludes halogenated alkanes) is 6. The Bertz CT molecular complexity index is 188. The Balaban J connectivity index is 1.78. The average Bonchev–Trinajstić information content (AvgIpc) is 2.79. The molecule has 108 valence electrons. The van der Waals surface area contributed by atoms with E-state index in [1.807, 2.05) is 6.92 Å². The summed E-state index contributed by atoms with van der Waals surface area (Å²) in [7, 11) is 0. The van der Waals surface area contributed by atoms with E-state index in [0.29, 0.717) is 13.2 Å². The van der Waals surface area contributed by atoms with Gasteiger partial charge >= 0.3 is 0 Å². The van der Waals surface area contributed by atoms with Crippen molar-refractivity contribution in [2.75, 3.05) is 26.4 Å². The molecule has 0 unspecified atom stereocenters. The van der Waals surface area contributed by atoms with Crippen molar-refractivity contribution in [1.82, 2.24) is 0 Å². The Labute approximate surface area is 112 Å². The van der Waals surface area contributed by atoms with Gasteiger partial charge in [0.25, 0.3) is 0 Å². The number of rotatable bonds is 11. The first-order valence-corrected chi connectivity index (χ1v) is 7.62. The highest BCUT2D eigenvalue weighted by Crippen LogP contribution is 2.22. The molecular formula is C15H30O3. The second-order valence-electron chi connectivity index (χ2n) is 5.31. The van der Waals surface area contributed by atoms with Crippen LogP contribution in [0.4, 0.5) is 0 Å². The maximum atomic E-state index is 5.63. The summed E-state index contributed by atoms with van der Waals surface area (Å²) in [6.45, 7) is 7.31. The van der Waals surface area contributed by atoms with Gasteiger partial charge in [0.1, 0.15) is 0 Å². The topological polar surface area (TPSA) is 27.7 Å². The molecule has 1 saturated heterocycles. The van der Waals surface area contributed by atoms with Crippen molar-refractivity contribution < 1.29 is 14.2 Å². The van der Waals surface area contributed by atoms with Crippen molar-refractivity contribution in [3.05, 3.63) is 0 Å². The van der Waals surface area contributed by atoms with Crippen molar-refractivity contribution >= 4 is 0 Å². The maximum absolute atomic E-state index is 5.63. The summed E-state index contributed by atoms with van der Waals surface area (Å²) >= 11 is 0. The average molecular weight is 258 g/mol. The van der Waals surface area contributed by atoms with E-state index in [0.717, 1.165) is 19.6 Å². The fraction of sp³-hybridized carbons (Fsp3) is 1.00. The summed E-state index contributed by atoms with van der Waals surface area (Å²) in [5.74, 6) is -0.389. The second-order valence-corrected chi connectivity index (χ2v) is 5.31. The van der Waals surface area contributed by atoms with E-state index >= 15 is 0 Å². The smallest absolute Gasteiger partial charge is 0.167 e. The Hall–Kier alpha value is -0.120. The first-order chi connectivity index (χ1) is 8.77. The van der Waals surface area contributed by atoms with Crippen LogP contribution < -0.4 is 0 Å². The molecule has 1 rings (SSSR count). The van der Waals surface area contributed by atoms with Gasteiger partial charge in [-0.1, -0.05) is 45.4 Å². The third-order valence-corrected chi connectivity index (χ3v) is 3.49. The van der Waals surface area contributed by atoms with Gasteiger partial charge in [-0.15, -0.1) is 0 Å². The van der Waals surface area contributed by atoms with Crippen LogP contribution in [0.15, 0.2) is 0 Å². The summed E-state index contributed by atoms with van der Waals surface area (Å²) in [5, 5.41) is 0. The van der Waals surface area contributed by atoms with Crippen LogP contribution in [0.3, 0.4) is 0 Å². The van der Waals surface area contributed by atoms with Crippen LogP contribution >= 0.6 is 0 Å². The number of hydrogen-bond donors (Lipinski definition) is 0. The van der Waals surface area contributed by atoms with E-state index in [-0.39, 0.29) is 5.79 Å². The highest BCUT2D eigenvalue weighted by Gasteiger charge is 2.30. The minimum atomic E-state index is -0.389. The third-order valence-electron chi connectivity index (χ3n) is 3.49. The molecule has 1 fully saturated rings. The van der Waals surface area contributed by atoms with Crippen molar-refractivity contribution in [3.8, 4) is 0 Å². The van der Waals surface area contributed by atoms with Crippen LogP contribution in [0.5, 0.6) is 0 Å². The van der Waals surface area contributed by atoms with Crippen molar-refractivity contribution in [1.29, 1.82) is 0 Å². The Morgan fingerprint density at radius 3 is 2.17 bits per heavy atom. The second kappa shape index (κ2) is 9.76. The van der Waals surface area contributed by atoms with Gasteiger partial charge in [-0.2, -0.15) is 0 Å². The summed E-state index contributed by atoms with van der Waals surface area (Å²) in [6, 6.07) is 0. The van der Waals surface area contributed by atoms with Crippen molar-refractivity contribution in [2.45, 2.75) is 71.0 Å². The molecule has 1 heterocycles. The van der Waals surface area contributed by atoms with Gasteiger partial charge in [0, 0.05) is 13.0 Å². The van der Waals surface area contributed by atoms with E-state index in [2.05, 4.69) is 6.92 Å². The van der Waals surface area contributed by atoms with Gasteiger partial charge in [-0.3, -0.25) is 0 Å². The zero-order valence-electron chi connectivity index (χ0n) is 12.2. The van der Waals surface area contributed by atoms with Crippen molar-refractivity contribution in [3.63, 3.8) is 0 Å². The van der Waals surface area contributed by atoms with Gasteiger partial charge in [-0.25, -0.2) is 0 Å². The molecule has 0 atom stereocenters. The standard InChI is InChI=1S/C15H30O3/c1-3-4-5-6-7-8-9-11-16-12-10-15(2)17-13-14-18-15/h3-14H2,1-2H3. The molecule has 0 aromatic heterocycles. The summed E-state index contributed by atoms with van der Waals surface area (Å²) < 4.78 is 16.7. The minimum Gasteiger partial charge on any atom is -0.381 e. The van der Waals surface area contributed by atoms with E-state index in [9.17, 15) is 0 Å². The SMILES string of the molecule is CCCCCCCCCOCCC1(C)OCCO1. The van der Waals surface area contributed by atoms with E-state index in [1.165, 1.54) is 44.9 Å².